The number of imidazole rings is 1. The van der Waals surface area contributed by atoms with Crippen molar-refractivity contribution in [1.82, 2.24) is 20.6 Å². The van der Waals surface area contributed by atoms with Crippen molar-refractivity contribution in [1.29, 1.82) is 0 Å². The van der Waals surface area contributed by atoms with E-state index in [1.54, 1.807) is 11.8 Å². The van der Waals surface area contributed by atoms with Crippen molar-refractivity contribution in [3.63, 3.8) is 0 Å². The highest BCUT2D eigenvalue weighted by Crippen LogP contribution is 2.24. The Morgan fingerprint density at radius 1 is 1.19 bits per heavy atom. The first-order valence-electron chi connectivity index (χ1n) is 8.96. The minimum Gasteiger partial charge on any atom is -0.350 e. The Kier molecular flexibility index (Phi) is 5.22. The molecular weight excluding hydrogens is 344 g/mol. The summed E-state index contributed by atoms with van der Waals surface area (Å²) in [7, 11) is 0. The smallest absolute Gasteiger partial charge is 0.251 e. The highest BCUT2D eigenvalue weighted by molar-refractivity contribution is 7.98. The topological polar surface area (TPSA) is 69.8 Å². The molecule has 1 aliphatic heterocycles. The molecule has 0 radical (unpaired) electrons. The number of benzene rings is 2. The maximum atomic E-state index is 12.6. The number of carbonyl (C=O) groups is 1. The summed E-state index contributed by atoms with van der Waals surface area (Å²) in [6, 6.07) is 16.2. The standard InChI is InChI=1S/C20H22N4OS/c25-19(22-12-15-7-5-11-21-15)16-8-2-1-6-14(16)13-26-20-23-17-9-3-4-10-18(17)24-20/h1-4,6,8-10,15,21H,5,7,11-13H2,(H,22,25)(H,23,24). The Morgan fingerprint density at radius 3 is 2.88 bits per heavy atom. The quantitative estimate of drug-likeness (QED) is 0.585. The van der Waals surface area contributed by atoms with E-state index in [2.05, 4.69) is 20.6 Å². The van der Waals surface area contributed by atoms with E-state index in [4.69, 9.17) is 0 Å². The Bertz CT molecular complexity index is 868. The zero-order chi connectivity index (χ0) is 17.8. The summed E-state index contributed by atoms with van der Waals surface area (Å²) in [6.07, 6.45) is 2.31. The van der Waals surface area contributed by atoms with E-state index < -0.39 is 0 Å². The van der Waals surface area contributed by atoms with Gasteiger partial charge in [0, 0.05) is 23.9 Å². The van der Waals surface area contributed by atoms with Crippen LogP contribution >= 0.6 is 11.8 Å². The molecule has 1 fully saturated rings. The molecule has 4 rings (SSSR count). The van der Waals surface area contributed by atoms with Crippen LogP contribution in [0.15, 0.2) is 53.7 Å². The minimum atomic E-state index is -0.000457. The number of hydrogen-bond acceptors (Lipinski definition) is 4. The number of nitrogens with one attached hydrogen (secondary N) is 3. The largest absolute Gasteiger partial charge is 0.350 e. The normalized spacial score (nSPS) is 16.8. The van der Waals surface area contributed by atoms with Crippen molar-refractivity contribution in [2.75, 3.05) is 13.1 Å². The van der Waals surface area contributed by atoms with Gasteiger partial charge >= 0.3 is 0 Å². The molecule has 134 valence electrons. The number of amides is 1. The molecule has 3 aromatic rings. The lowest BCUT2D eigenvalue weighted by Gasteiger charge is -2.13. The molecule has 0 saturated carbocycles. The van der Waals surface area contributed by atoms with E-state index in [0.717, 1.165) is 40.3 Å². The Hall–Kier alpha value is -2.31. The third-order valence-corrected chi connectivity index (χ3v) is 5.59. The van der Waals surface area contributed by atoms with Gasteiger partial charge in [-0.25, -0.2) is 4.98 Å². The van der Waals surface area contributed by atoms with Gasteiger partial charge < -0.3 is 15.6 Å². The van der Waals surface area contributed by atoms with E-state index in [9.17, 15) is 4.79 Å². The van der Waals surface area contributed by atoms with Gasteiger partial charge in [-0.3, -0.25) is 4.79 Å². The van der Waals surface area contributed by atoms with Crippen molar-refractivity contribution < 1.29 is 4.79 Å². The predicted molar refractivity (Wildman–Crippen MR) is 105 cm³/mol. The average molecular weight is 366 g/mol. The molecule has 1 aromatic heterocycles. The highest BCUT2D eigenvalue weighted by Gasteiger charge is 2.17. The van der Waals surface area contributed by atoms with Crippen LogP contribution in [0.1, 0.15) is 28.8 Å². The van der Waals surface area contributed by atoms with Crippen LogP contribution < -0.4 is 10.6 Å². The van der Waals surface area contributed by atoms with Crippen LogP contribution in [-0.2, 0) is 5.75 Å². The fourth-order valence-corrected chi connectivity index (χ4v) is 4.14. The van der Waals surface area contributed by atoms with Gasteiger partial charge in [-0.15, -0.1) is 0 Å². The molecule has 1 atom stereocenters. The SMILES string of the molecule is O=C(NCC1CCCN1)c1ccccc1CSc1nc2ccccc2[nH]1. The fourth-order valence-electron chi connectivity index (χ4n) is 3.25. The first-order chi connectivity index (χ1) is 12.8. The van der Waals surface area contributed by atoms with Crippen molar-refractivity contribution in [3.8, 4) is 0 Å². The Morgan fingerprint density at radius 2 is 2.04 bits per heavy atom. The molecule has 2 aromatic carbocycles. The lowest BCUT2D eigenvalue weighted by atomic mass is 10.1. The summed E-state index contributed by atoms with van der Waals surface area (Å²) in [5, 5.41) is 7.34. The maximum absolute atomic E-state index is 12.6. The molecule has 0 aliphatic carbocycles. The lowest BCUT2D eigenvalue weighted by Crippen LogP contribution is -2.37. The number of aromatic amines is 1. The van der Waals surface area contributed by atoms with Crippen LogP contribution in [0.25, 0.3) is 11.0 Å². The summed E-state index contributed by atoms with van der Waals surface area (Å²) in [5.41, 5.74) is 3.76. The van der Waals surface area contributed by atoms with Crippen LogP contribution in [0.4, 0.5) is 0 Å². The third kappa shape index (κ3) is 3.92. The number of fused-ring (bicyclic) bond motifs is 1. The minimum absolute atomic E-state index is 0.000457. The monoisotopic (exact) mass is 366 g/mol. The van der Waals surface area contributed by atoms with Gasteiger partial charge in [0.2, 0.25) is 0 Å². The van der Waals surface area contributed by atoms with Gasteiger partial charge in [0.15, 0.2) is 5.16 Å². The molecule has 2 heterocycles. The molecule has 26 heavy (non-hydrogen) atoms. The first-order valence-corrected chi connectivity index (χ1v) is 9.95. The molecule has 6 heteroatoms. The average Bonchev–Trinajstić information content (AvgIpc) is 3.33. The zero-order valence-electron chi connectivity index (χ0n) is 14.5. The number of para-hydroxylation sites is 2. The zero-order valence-corrected chi connectivity index (χ0v) is 15.3. The Labute approximate surface area is 157 Å². The number of hydrogen-bond donors (Lipinski definition) is 3. The molecule has 1 saturated heterocycles. The van der Waals surface area contributed by atoms with Gasteiger partial charge in [0.05, 0.1) is 11.0 Å². The van der Waals surface area contributed by atoms with Gasteiger partial charge in [-0.1, -0.05) is 42.1 Å². The summed E-state index contributed by atoms with van der Waals surface area (Å²) < 4.78 is 0. The lowest BCUT2D eigenvalue weighted by molar-refractivity contribution is 0.0949. The van der Waals surface area contributed by atoms with E-state index in [0.29, 0.717) is 18.3 Å². The second kappa shape index (κ2) is 7.93. The molecule has 3 N–H and O–H groups in total. The van der Waals surface area contributed by atoms with Crippen molar-refractivity contribution in [3.05, 3.63) is 59.7 Å². The second-order valence-electron chi connectivity index (χ2n) is 6.51. The van der Waals surface area contributed by atoms with Gasteiger partial charge in [-0.2, -0.15) is 0 Å². The summed E-state index contributed by atoms with van der Waals surface area (Å²) in [5.74, 6) is 0.699. The van der Waals surface area contributed by atoms with Crippen LogP contribution in [0.5, 0.6) is 0 Å². The van der Waals surface area contributed by atoms with Gasteiger partial charge in [-0.05, 0) is 43.1 Å². The highest BCUT2D eigenvalue weighted by atomic mass is 32.2. The van der Waals surface area contributed by atoms with Crippen LogP contribution in [-0.4, -0.2) is 35.0 Å². The van der Waals surface area contributed by atoms with Crippen LogP contribution in [0.2, 0.25) is 0 Å². The number of thioether (sulfide) groups is 1. The van der Waals surface area contributed by atoms with E-state index in [-0.39, 0.29) is 5.91 Å². The number of aromatic nitrogens is 2. The van der Waals surface area contributed by atoms with Crippen molar-refractivity contribution in [2.45, 2.75) is 29.8 Å². The summed E-state index contributed by atoms with van der Waals surface area (Å²) >= 11 is 1.62. The number of carbonyl (C=O) groups excluding carboxylic acids is 1. The first kappa shape index (κ1) is 17.1. The van der Waals surface area contributed by atoms with Crippen molar-refractivity contribution in [2.24, 2.45) is 0 Å². The molecule has 0 spiro atoms. The maximum Gasteiger partial charge on any atom is 0.251 e. The summed E-state index contributed by atoms with van der Waals surface area (Å²) in [6.45, 7) is 1.73. The molecule has 1 unspecified atom stereocenters. The molecule has 5 nitrogen and oxygen atoms in total. The Balaban J connectivity index is 1.42. The van der Waals surface area contributed by atoms with Crippen LogP contribution in [0.3, 0.4) is 0 Å². The fraction of sp³-hybridized carbons (Fsp3) is 0.300. The number of nitrogens with zero attached hydrogens (tertiary/aromatic N) is 1. The molecule has 1 amide bonds. The predicted octanol–water partition coefficient (Wildman–Crippen LogP) is 3.34. The van der Waals surface area contributed by atoms with Gasteiger partial charge in [0.25, 0.3) is 5.91 Å². The van der Waals surface area contributed by atoms with Crippen LogP contribution in [0, 0.1) is 0 Å². The van der Waals surface area contributed by atoms with Gasteiger partial charge in [0.1, 0.15) is 0 Å². The third-order valence-electron chi connectivity index (χ3n) is 4.67. The van der Waals surface area contributed by atoms with E-state index in [1.807, 2.05) is 48.5 Å². The molecule has 1 aliphatic rings. The number of H-pyrrole nitrogens is 1. The second-order valence-corrected chi connectivity index (χ2v) is 7.47. The van der Waals surface area contributed by atoms with Crippen molar-refractivity contribution >= 4 is 28.7 Å². The van der Waals surface area contributed by atoms with E-state index >= 15 is 0 Å². The summed E-state index contributed by atoms with van der Waals surface area (Å²) in [4.78, 5) is 20.5. The number of rotatable bonds is 6. The molecule has 0 bridgehead atoms. The van der Waals surface area contributed by atoms with E-state index in [1.165, 1.54) is 6.42 Å². The molecular formula is C20H22N4OS.